The van der Waals surface area contributed by atoms with E-state index in [1.165, 1.54) is 12.8 Å². The number of nitrogens with zero attached hydrogens (tertiary/aromatic N) is 3. The first-order valence-electron chi connectivity index (χ1n) is 4.61. The molecule has 2 heterocycles. The molecule has 0 unspecified atom stereocenters. The van der Waals surface area contributed by atoms with Crippen LogP contribution in [0.4, 0.5) is 0 Å². The fourth-order valence-corrected chi connectivity index (χ4v) is 1.82. The van der Waals surface area contributed by atoms with Gasteiger partial charge in [-0.1, -0.05) is 16.8 Å². The van der Waals surface area contributed by atoms with Gasteiger partial charge < -0.3 is 5.32 Å². The Bertz CT molecular complexity index is 267. The highest BCUT2D eigenvalue weighted by atomic mass is 35.5. The Labute approximate surface area is 82.3 Å². The molecule has 1 aliphatic rings. The summed E-state index contributed by atoms with van der Waals surface area (Å²) in [5.74, 6) is 0.695. The zero-order valence-corrected chi connectivity index (χ0v) is 8.17. The van der Waals surface area contributed by atoms with Crippen LogP contribution in [0.1, 0.15) is 12.8 Å². The van der Waals surface area contributed by atoms with Crippen molar-refractivity contribution in [3.8, 4) is 0 Å². The first kappa shape index (κ1) is 8.97. The SMILES string of the molecule is Clc1cnnn1CC1CCNCC1. The molecule has 0 atom stereocenters. The van der Waals surface area contributed by atoms with Crippen LogP contribution in [0.3, 0.4) is 0 Å². The molecule has 1 N–H and O–H groups in total. The van der Waals surface area contributed by atoms with Crippen LogP contribution in [-0.2, 0) is 6.54 Å². The zero-order chi connectivity index (χ0) is 9.10. The Kier molecular flexibility index (Phi) is 2.80. The molecular formula is C8H13ClN4. The van der Waals surface area contributed by atoms with Crippen molar-refractivity contribution in [3.05, 3.63) is 11.3 Å². The van der Waals surface area contributed by atoms with E-state index in [0.717, 1.165) is 19.6 Å². The van der Waals surface area contributed by atoms with Gasteiger partial charge in [-0.2, -0.15) is 0 Å². The van der Waals surface area contributed by atoms with Gasteiger partial charge in [0.05, 0.1) is 6.20 Å². The van der Waals surface area contributed by atoms with Gasteiger partial charge >= 0.3 is 0 Å². The van der Waals surface area contributed by atoms with Crippen LogP contribution in [-0.4, -0.2) is 28.1 Å². The molecule has 5 heteroatoms. The quantitative estimate of drug-likeness (QED) is 0.773. The Balaban J connectivity index is 1.93. The lowest BCUT2D eigenvalue weighted by Crippen LogP contribution is -2.30. The summed E-state index contributed by atoms with van der Waals surface area (Å²) in [6.45, 7) is 3.12. The van der Waals surface area contributed by atoms with Crippen LogP contribution in [0.2, 0.25) is 5.15 Å². The fourth-order valence-electron chi connectivity index (χ4n) is 1.68. The molecule has 1 aromatic rings. The fraction of sp³-hybridized carbons (Fsp3) is 0.750. The van der Waals surface area contributed by atoms with E-state index in [2.05, 4.69) is 15.6 Å². The number of aromatic nitrogens is 3. The summed E-state index contributed by atoms with van der Waals surface area (Å²) in [5.41, 5.74) is 0. The lowest BCUT2D eigenvalue weighted by molar-refractivity contribution is 0.318. The predicted octanol–water partition coefficient (Wildman–Crippen LogP) is 0.931. The number of hydrogen-bond acceptors (Lipinski definition) is 3. The number of halogens is 1. The molecule has 0 bridgehead atoms. The summed E-state index contributed by atoms with van der Waals surface area (Å²) in [6.07, 6.45) is 4.00. The molecule has 0 saturated carbocycles. The Morgan fingerprint density at radius 3 is 2.92 bits per heavy atom. The highest BCUT2D eigenvalue weighted by Gasteiger charge is 2.14. The van der Waals surface area contributed by atoms with Crippen LogP contribution in [0, 0.1) is 5.92 Å². The number of piperidine rings is 1. The zero-order valence-electron chi connectivity index (χ0n) is 7.41. The molecule has 13 heavy (non-hydrogen) atoms. The Morgan fingerprint density at radius 1 is 1.54 bits per heavy atom. The molecule has 0 spiro atoms. The number of hydrogen-bond donors (Lipinski definition) is 1. The van der Waals surface area contributed by atoms with Gasteiger partial charge in [0.1, 0.15) is 5.15 Å². The van der Waals surface area contributed by atoms with E-state index < -0.39 is 0 Å². The molecule has 0 aliphatic carbocycles. The Hall–Kier alpha value is -0.610. The molecule has 0 radical (unpaired) electrons. The molecule has 4 nitrogen and oxygen atoms in total. The van der Waals surface area contributed by atoms with E-state index in [0.29, 0.717) is 11.1 Å². The van der Waals surface area contributed by atoms with Crippen molar-refractivity contribution in [2.24, 2.45) is 5.92 Å². The van der Waals surface area contributed by atoms with E-state index in [4.69, 9.17) is 11.6 Å². The highest BCUT2D eigenvalue weighted by molar-refractivity contribution is 6.29. The molecule has 72 valence electrons. The topological polar surface area (TPSA) is 42.7 Å². The van der Waals surface area contributed by atoms with Gasteiger partial charge in [-0.25, -0.2) is 4.68 Å². The minimum Gasteiger partial charge on any atom is -0.317 e. The maximum atomic E-state index is 5.88. The van der Waals surface area contributed by atoms with Gasteiger partial charge in [-0.15, -0.1) is 5.10 Å². The predicted molar refractivity (Wildman–Crippen MR) is 50.6 cm³/mol. The molecule has 1 aromatic heterocycles. The minimum atomic E-state index is 0.638. The summed E-state index contributed by atoms with van der Waals surface area (Å²) in [4.78, 5) is 0. The summed E-state index contributed by atoms with van der Waals surface area (Å²) in [5, 5.41) is 11.6. The van der Waals surface area contributed by atoms with Crippen molar-refractivity contribution in [3.63, 3.8) is 0 Å². The molecular weight excluding hydrogens is 188 g/mol. The maximum Gasteiger partial charge on any atom is 0.147 e. The van der Waals surface area contributed by atoms with Crippen molar-refractivity contribution in [1.29, 1.82) is 0 Å². The normalized spacial score (nSPS) is 19.2. The first-order chi connectivity index (χ1) is 6.36. The van der Waals surface area contributed by atoms with Gasteiger partial charge in [0.25, 0.3) is 0 Å². The molecule has 1 aliphatic heterocycles. The number of rotatable bonds is 2. The average molecular weight is 201 g/mol. The van der Waals surface area contributed by atoms with Crippen LogP contribution >= 0.6 is 11.6 Å². The lowest BCUT2D eigenvalue weighted by Gasteiger charge is -2.22. The summed E-state index contributed by atoms with van der Waals surface area (Å²) in [6, 6.07) is 0. The average Bonchev–Trinajstić information content (AvgIpc) is 2.54. The Morgan fingerprint density at radius 2 is 2.31 bits per heavy atom. The van der Waals surface area contributed by atoms with Crippen molar-refractivity contribution in [2.75, 3.05) is 13.1 Å². The second-order valence-electron chi connectivity index (χ2n) is 3.43. The molecule has 0 amide bonds. The van der Waals surface area contributed by atoms with Gasteiger partial charge in [-0.3, -0.25) is 0 Å². The maximum absolute atomic E-state index is 5.88. The monoisotopic (exact) mass is 200 g/mol. The summed E-state index contributed by atoms with van der Waals surface area (Å²) in [7, 11) is 0. The van der Waals surface area contributed by atoms with Crippen LogP contribution < -0.4 is 5.32 Å². The van der Waals surface area contributed by atoms with E-state index in [1.807, 2.05) is 0 Å². The molecule has 1 fully saturated rings. The third kappa shape index (κ3) is 2.19. The largest absolute Gasteiger partial charge is 0.317 e. The lowest BCUT2D eigenvalue weighted by atomic mass is 9.98. The van der Waals surface area contributed by atoms with Crippen molar-refractivity contribution < 1.29 is 0 Å². The van der Waals surface area contributed by atoms with Gasteiger partial charge in [-0.05, 0) is 31.8 Å². The summed E-state index contributed by atoms with van der Waals surface area (Å²) >= 11 is 5.88. The number of nitrogens with one attached hydrogen (secondary N) is 1. The third-order valence-corrected chi connectivity index (χ3v) is 2.75. The van der Waals surface area contributed by atoms with Crippen LogP contribution in [0.5, 0.6) is 0 Å². The van der Waals surface area contributed by atoms with E-state index in [-0.39, 0.29) is 0 Å². The smallest absolute Gasteiger partial charge is 0.147 e. The molecule has 2 rings (SSSR count). The van der Waals surface area contributed by atoms with Crippen LogP contribution in [0.25, 0.3) is 0 Å². The summed E-state index contributed by atoms with van der Waals surface area (Å²) < 4.78 is 1.78. The van der Waals surface area contributed by atoms with Crippen molar-refractivity contribution >= 4 is 11.6 Å². The van der Waals surface area contributed by atoms with E-state index in [9.17, 15) is 0 Å². The molecule has 0 aromatic carbocycles. The second kappa shape index (κ2) is 4.07. The van der Waals surface area contributed by atoms with Gasteiger partial charge in [0.15, 0.2) is 0 Å². The van der Waals surface area contributed by atoms with E-state index >= 15 is 0 Å². The molecule has 1 saturated heterocycles. The van der Waals surface area contributed by atoms with Crippen molar-refractivity contribution in [2.45, 2.75) is 19.4 Å². The van der Waals surface area contributed by atoms with Crippen molar-refractivity contribution in [1.82, 2.24) is 20.3 Å². The minimum absolute atomic E-state index is 0.638. The third-order valence-electron chi connectivity index (χ3n) is 2.46. The first-order valence-corrected chi connectivity index (χ1v) is 4.99. The van der Waals surface area contributed by atoms with Gasteiger partial charge in [0.2, 0.25) is 0 Å². The van der Waals surface area contributed by atoms with E-state index in [1.54, 1.807) is 10.9 Å². The standard InChI is InChI=1S/C8H13ClN4/c9-8-5-11-12-13(8)6-7-1-3-10-4-2-7/h5,7,10H,1-4,6H2. The van der Waals surface area contributed by atoms with Crippen LogP contribution in [0.15, 0.2) is 6.20 Å². The highest BCUT2D eigenvalue weighted by Crippen LogP contribution is 2.15. The van der Waals surface area contributed by atoms with Gasteiger partial charge in [0, 0.05) is 6.54 Å². The second-order valence-corrected chi connectivity index (χ2v) is 3.82.